The van der Waals surface area contributed by atoms with Gasteiger partial charge in [0.2, 0.25) is 11.8 Å². The minimum Gasteiger partial charge on any atom is -0.492 e. The second-order valence-electron chi connectivity index (χ2n) is 3.53. The number of nitrogens with zero attached hydrogens (tertiary/aromatic N) is 4. The molecule has 0 atom stereocenters. The maximum absolute atomic E-state index is 9.52. The fourth-order valence-electron chi connectivity index (χ4n) is 1.20. The molecule has 78 valence electrons. The number of aromatic nitrogens is 4. The van der Waals surface area contributed by atoms with E-state index in [1.807, 2.05) is 13.8 Å². The number of anilines is 1. The van der Waals surface area contributed by atoms with Crippen LogP contribution in [0.2, 0.25) is 0 Å². The van der Waals surface area contributed by atoms with E-state index in [4.69, 9.17) is 5.73 Å². The average Bonchev–Trinajstić information content (AvgIpc) is 2.16. The molecule has 6 heteroatoms. The van der Waals surface area contributed by atoms with Crippen molar-refractivity contribution in [2.45, 2.75) is 19.8 Å². The molecule has 0 aromatic carbocycles. The summed E-state index contributed by atoms with van der Waals surface area (Å²) in [5, 5.41) is 9.52. The van der Waals surface area contributed by atoms with Crippen molar-refractivity contribution in [2.75, 3.05) is 5.73 Å². The first-order valence-electron chi connectivity index (χ1n) is 4.57. The van der Waals surface area contributed by atoms with Gasteiger partial charge in [-0.25, -0.2) is 9.97 Å². The second-order valence-corrected chi connectivity index (χ2v) is 3.53. The van der Waals surface area contributed by atoms with Crippen LogP contribution in [0.15, 0.2) is 6.20 Å². The maximum Gasteiger partial charge on any atom is 0.244 e. The summed E-state index contributed by atoms with van der Waals surface area (Å²) in [6, 6.07) is 0. The minimum absolute atomic E-state index is 0.00778. The summed E-state index contributed by atoms with van der Waals surface area (Å²) in [6.07, 6.45) is 1.62. The van der Waals surface area contributed by atoms with E-state index in [9.17, 15) is 5.11 Å². The van der Waals surface area contributed by atoms with E-state index in [1.54, 1.807) is 6.20 Å². The van der Waals surface area contributed by atoms with Crippen molar-refractivity contribution in [3.63, 3.8) is 0 Å². The molecule has 2 aromatic heterocycles. The van der Waals surface area contributed by atoms with Crippen molar-refractivity contribution in [1.82, 2.24) is 19.9 Å². The van der Waals surface area contributed by atoms with Crippen LogP contribution in [0.1, 0.15) is 25.5 Å². The summed E-state index contributed by atoms with van der Waals surface area (Å²) in [6.45, 7) is 3.98. The molecule has 2 heterocycles. The Labute approximate surface area is 86.2 Å². The van der Waals surface area contributed by atoms with Gasteiger partial charge in [-0.05, 0) is 5.92 Å². The van der Waals surface area contributed by atoms with Gasteiger partial charge in [-0.15, -0.1) is 0 Å². The third-order valence-electron chi connectivity index (χ3n) is 2.02. The van der Waals surface area contributed by atoms with Crippen LogP contribution in [0.3, 0.4) is 0 Å². The molecule has 0 fully saturated rings. The van der Waals surface area contributed by atoms with Crippen LogP contribution in [0.5, 0.6) is 5.88 Å². The van der Waals surface area contributed by atoms with Crippen molar-refractivity contribution in [1.29, 1.82) is 0 Å². The smallest absolute Gasteiger partial charge is 0.244 e. The summed E-state index contributed by atoms with van der Waals surface area (Å²) in [5.74, 6) is -0.00190. The molecule has 0 aliphatic carbocycles. The molecular formula is C9H11N5O. The Morgan fingerprint density at radius 2 is 2.00 bits per heavy atom. The van der Waals surface area contributed by atoms with E-state index in [1.165, 1.54) is 0 Å². The van der Waals surface area contributed by atoms with Crippen molar-refractivity contribution >= 4 is 17.1 Å². The first kappa shape index (κ1) is 9.57. The summed E-state index contributed by atoms with van der Waals surface area (Å²) >= 11 is 0. The zero-order chi connectivity index (χ0) is 11.0. The second kappa shape index (κ2) is 3.30. The van der Waals surface area contributed by atoms with E-state index < -0.39 is 0 Å². The van der Waals surface area contributed by atoms with Gasteiger partial charge in [-0.1, -0.05) is 13.8 Å². The molecule has 2 rings (SSSR count). The fourth-order valence-corrected chi connectivity index (χ4v) is 1.20. The molecule has 2 aromatic rings. The van der Waals surface area contributed by atoms with E-state index in [0.29, 0.717) is 5.65 Å². The Hall–Kier alpha value is -1.98. The minimum atomic E-state index is -0.229. The van der Waals surface area contributed by atoms with Crippen molar-refractivity contribution in [3.05, 3.63) is 11.9 Å². The van der Waals surface area contributed by atoms with Gasteiger partial charge in [-0.3, -0.25) is 0 Å². The van der Waals surface area contributed by atoms with Gasteiger partial charge >= 0.3 is 0 Å². The normalized spacial score (nSPS) is 11.1. The number of hydrogen-bond acceptors (Lipinski definition) is 6. The first-order valence-corrected chi connectivity index (χ1v) is 4.57. The van der Waals surface area contributed by atoms with Crippen LogP contribution >= 0.6 is 0 Å². The van der Waals surface area contributed by atoms with Crippen molar-refractivity contribution < 1.29 is 5.11 Å². The molecule has 15 heavy (non-hydrogen) atoms. The van der Waals surface area contributed by atoms with Crippen LogP contribution in [-0.4, -0.2) is 25.0 Å². The molecule has 0 radical (unpaired) electrons. The molecule has 0 saturated carbocycles. The predicted molar refractivity (Wildman–Crippen MR) is 55.3 cm³/mol. The lowest BCUT2D eigenvalue weighted by molar-refractivity contribution is 0.458. The van der Waals surface area contributed by atoms with Gasteiger partial charge in [0.1, 0.15) is 0 Å². The number of nitrogen functional groups attached to an aromatic ring is 1. The maximum atomic E-state index is 9.52. The molecular weight excluding hydrogens is 194 g/mol. The molecule has 0 saturated heterocycles. The van der Waals surface area contributed by atoms with Gasteiger partial charge in [0.05, 0.1) is 11.9 Å². The number of nitrogens with two attached hydrogens (primary N) is 1. The first-order chi connectivity index (χ1) is 7.08. The summed E-state index contributed by atoms with van der Waals surface area (Å²) in [7, 11) is 0. The highest BCUT2D eigenvalue weighted by atomic mass is 16.3. The van der Waals surface area contributed by atoms with Crippen molar-refractivity contribution in [3.8, 4) is 5.88 Å². The lowest BCUT2D eigenvalue weighted by atomic mass is 10.1. The van der Waals surface area contributed by atoms with Gasteiger partial charge in [0, 0.05) is 0 Å². The Balaban J connectivity index is 2.71. The van der Waals surface area contributed by atoms with E-state index in [-0.39, 0.29) is 23.3 Å². The fraction of sp³-hybridized carbons (Fsp3) is 0.333. The van der Waals surface area contributed by atoms with Gasteiger partial charge in [0.15, 0.2) is 11.2 Å². The van der Waals surface area contributed by atoms with Crippen molar-refractivity contribution in [2.24, 2.45) is 0 Å². The monoisotopic (exact) mass is 205 g/mol. The molecule has 0 unspecified atom stereocenters. The third-order valence-corrected chi connectivity index (χ3v) is 2.02. The van der Waals surface area contributed by atoms with Crippen LogP contribution in [0.4, 0.5) is 5.95 Å². The highest BCUT2D eigenvalue weighted by molar-refractivity contribution is 5.76. The van der Waals surface area contributed by atoms with Gasteiger partial charge in [0.25, 0.3) is 0 Å². The number of fused-ring (bicyclic) bond motifs is 1. The lowest BCUT2D eigenvalue weighted by Crippen LogP contribution is -2.01. The number of hydrogen-bond donors (Lipinski definition) is 2. The third kappa shape index (κ3) is 1.65. The number of rotatable bonds is 1. The van der Waals surface area contributed by atoms with Crippen LogP contribution in [0, 0.1) is 0 Å². The SMILES string of the molecule is CC(C)c1cnc2nc(N)nc(O)c2n1. The Morgan fingerprint density at radius 1 is 1.27 bits per heavy atom. The standard InChI is InChI=1S/C9H11N5O/c1-4(2)5-3-11-7-6(12-5)8(15)14-9(10)13-7/h3-4H,1-2H3,(H3,10,11,13,14,15). The molecule has 0 amide bonds. The molecule has 0 spiro atoms. The van der Waals surface area contributed by atoms with Crippen LogP contribution < -0.4 is 5.73 Å². The molecule has 0 aliphatic rings. The predicted octanol–water partition coefficient (Wildman–Crippen LogP) is 0.831. The quantitative estimate of drug-likeness (QED) is 0.715. The van der Waals surface area contributed by atoms with E-state index in [2.05, 4.69) is 19.9 Å². The Kier molecular flexibility index (Phi) is 2.11. The van der Waals surface area contributed by atoms with Crippen LogP contribution in [-0.2, 0) is 0 Å². The highest BCUT2D eigenvalue weighted by Crippen LogP contribution is 2.20. The molecule has 0 aliphatic heterocycles. The van der Waals surface area contributed by atoms with E-state index >= 15 is 0 Å². The van der Waals surface area contributed by atoms with Gasteiger partial charge < -0.3 is 10.8 Å². The topological polar surface area (TPSA) is 97.8 Å². The lowest BCUT2D eigenvalue weighted by Gasteiger charge is -2.05. The zero-order valence-electron chi connectivity index (χ0n) is 8.47. The van der Waals surface area contributed by atoms with E-state index in [0.717, 1.165) is 5.69 Å². The molecule has 0 bridgehead atoms. The summed E-state index contributed by atoms with van der Waals surface area (Å²) in [5.41, 5.74) is 6.75. The summed E-state index contributed by atoms with van der Waals surface area (Å²) in [4.78, 5) is 15.8. The average molecular weight is 205 g/mol. The number of aromatic hydroxyl groups is 1. The molecule has 6 nitrogen and oxygen atoms in total. The van der Waals surface area contributed by atoms with Crippen LogP contribution in [0.25, 0.3) is 11.2 Å². The zero-order valence-corrected chi connectivity index (χ0v) is 8.47. The summed E-state index contributed by atoms with van der Waals surface area (Å²) < 4.78 is 0. The molecule has 3 N–H and O–H groups in total. The van der Waals surface area contributed by atoms with Gasteiger partial charge in [-0.2, -0.15) is 9.97 Å². The highest BCUT2D eigenvalue weighted by Gasteiger charge is 2.10. The Bertz CT molecular complexity index is 511. The Morgan fingerprint density at radius 3 is 2.67 bits per heavy atom. The largest absolute Gasteiger partial charge is 0.492 e.